The number of carbonyl (C=O) groups is 1. The molecule has 0 aliphatic rings. The zero-order chi connectivity index (χ0) is 16.1. The van der Waals surface area contributed by atoms with Crippen LogP contribution in [-0.2, 0) is 0 Å². The highest BCUT2D eigenvalue weighted by atomic mass is 16.5. The van der Waals surface area contributed by atoms with E-state index in [1.54, 1.807) is 18.2 Å². The van der Waals surface area contributed by atoms with Crippen LogP contribution in [0.5, 0.6) is 5.75 Å². The summed E-state index contributed by atoms with van der Waals surface area (Å²) < 4.78 is 7.10. The summed E-state index contributed by atoms with van der Waals surface area (Å²) in [5.41, 5.74) is 1.10. The van der Waals surface area contributed by atoms with Crippen molar-refractivity contribution in [1.82, 2.24) is 9.78 Å². The van der Waals surface area contributed by atoms with Gasteiger partial charge in [-0.1, -0.05) is 20.3 Å². The highest BCUT2D eigenvalue weighted by Crippen LogP contribution is 2.30. The number of ether oxygens (including phenoxy) is 1. The van der Waals surface area contributed by atoms with E-state index in [4.69, 9.17) is 16.4 Å². The molecule has 0 saturated carbocycles. The van der Waals surface area contributed by atoms with Crippen molar-refractivity contribution < 1.29 is 14.6 Å². The van der Waals surface area contributed by atoms with E-state index in [0.717, 1.165) is 6.42 Å². The molecule has 1 aromatic heterocycles. The van der Waals surface area contributed by atoms with Gasteiger partial charge in [-0.25, -0.2) is 14.3 Å². The number of carboxylic acid groups (broad SMARTS) is 1. The summed E-state index contributed by atoms with van der Waals surface area (Å²) in [6.07, 6.45) is 3.69. The lowest BCUT2D eigenvalue weighted by Gasteiger charge is -2.13. The van der Waals surface area contributed by atoms with Crippen LogP contribution in [0.2, 0.25) is 0 Å². The number of nitrogens with zero attached hydrogens (tertiary/aromatic N) is 3. The van der Waals surface area contributed by atoms with E-state index in [1.165, 1.54) is 17.1 Å². The molecule has 2 aromatic rings. The van der Waals surface area contributed by atoms with Crippen LogP contribution in [0.4, 0.5) is 5.69 Å². The van der Waals surface area contributed by atoms with Crippen molar-refractivity contribution >= 4 is 11.7 Å². The van der Waals surface area contributed by atoms with E-state index in [0.29, 0.717) is 29.6 Å². The molecule has 6 heteroatoms. The van der Waals surface area contributed by atoms with Crippen LogP contribution < -0.4 is 4.74 Å². The zero-order valence-electron chi connectivity index (χ0n) is 12.5. The minimum absolute atomic E-state index is 0.0986. The second-order valence-electron chi connectivity index (χ2n) is 5.07. The zero-order valence-corrected chi connectivity index (χ0v) is 12.5. The van der Waals surface area contributed by atoms with E-state index in [2.05, 4.69) is 23.8 Å². The molecular weight excluding hydrogens is 282 g/mol. The second kappa shape index (κ2) is 6.76. The topological polar surface area (TPSA) is 68.7 Å². The van der Waals surface area contributed by atoms with Crippen molar-refractivity contribution in [2.24, 2.45) is 5.92 Å². The van der Waals surface area contributed by atoms with Crippen molar-refractivity contribution in [3.8, 4) is 11.4 Å². The largest absolute Gasteiger partial charge is 0.504 e. The van der Waals surface area contributed by atoms with Crippen molar-refractivity contribution in [2.75, 3.05) is 6.61 Å². The average Bonchev–Trinajstić information content (AvgIpc) is 3.02. The van der Waals surface area contributed by atoms with Crippen molar-refractivity contribution in [3.63, 3.8) is 0 Å². The van der Waals surface area contributed by atoms with E-state index in [1.807, 2.05) is 0 Å². The Labute approximate surface area is 128 Å². The molecule has 1 atom stereocenters. The van der Waals surface area contributed by atoms with Crippen LogP contribution in [0, 0.1) is 12.5 Å². The Balaban J connectivity index is 2.24. The fourth-order valence-corrected chi connectivity index (χ4v) is 1.78. The van der Waals surface area contributed by atoms with Gasteiger partial charge in [0.15, 0.2) is 0 Å². The Kier molecular flexibility index (Phi) is 4.79. The van der Waals surface area contributed by atoms with Gasteiger partial charge in [0.2, 0.25) is 5.69 Å². The van der Waals surface area contributed by atoms with Crippen LogP contribution in [0.1, 0.15) is 30.6 Å². The molecule has 0 spiro atoms. The van der Waals surface area contributed by atoms with Gasteiger partial charge in [-0.15, -0.1) is 0 Å². The standard InChI is InChI=1S/C16H17N3O3/c1-4-11(2)10-22-15-6-5-13(7-14(15)17-3)19-9-12(8-18-19)16(20)21/h5-9,11H,4,10H2,1-2H3,(H,20,21)/t11-/m0/s1. The maximum atomic E-state index is 10.9. The molecule has 1 heterocycles. The molecule has 1 aromatic carbocycles. The molecule has 0 saturated heterocycles. The molecule has 0 aliphatic heterocycles. The molecule has 2 rings (SSSR count). The van der Waals surface area contributed by atoms with Gasteiger partial charge in [0.25, 0.3) is 0 Å². The molecule has 0 aliphatic carbocycles. The Morgan fingerprint density at radius 3 is 2.91 bits per heavy atom. The van der Waals surface area contributed by atoms with Gasteiger partial charge in [-0.05, 0) is 24.1 Å². The Bertz CT molecular complexity index is 716. The van der Waals surface area contributed by atoms with Crippen molar-refractivity contribution in [1.29, 1.82) is 0 Å². The van der Waals surface area contributed by atoms with Crippen LogP contribution in [0.25, 0.3) is 10.5 Å². The average molecular weight is 299 g/mol. The number of rotatable bonds is 6. The van der Waals surface area contributed by atoms with Gasteiger partial charge in [-0.3, -0.25) is 0 Å². The molecule has 0 fully saturated rings. The summed E-state index contributed by atoms with van der Waals surface area (Å²) in [6, 6.07) is 5.10. The third-order valence-corrected chi connectivity index (χ3v) is 3.38. The van der Waals surface area contributed by atoms with Gasteiger partial charge in [0.05, 0.1) is 30.6 Å². The summed E-state index contributed by atoms with van der Waals surface area (Å²) in [7, 11) is 0. The number of hydrogen-bond acceptors (Lipinski definition) is 3. The third-order valence-electron chi connectivity index (χ3n) is 3.38. The Hall–Kier alpha value is -2.81. The summed E-state index contributed by atoms with van der Waals surface area (Å²) >= 11 is 0. The third kappa shape index (κ3) is 3.44. The summed E-state index contributed by atoms with van der Waals surface area (Å²) in [4.78, 5) is 14.3. The quantitative estimate of drug-likeness (QED) is 0.828. The van der Waals surface area contributed by atoms with Crippen LogP contribution in [0.15, 0.2) is 30.6 Å². The number of aromatic carboxylic acids is 1. The summed E-state index contributed by atoms with van der Waals surface area (Å²) in [5.74, 6) is -0.0858. The van der Waals surface area contributed by atoms with E-state index < -0.39 is 5.97 Å². The van der Waals surface area contributed by atoms with Crippen molar-refractivity contribution in [3.05, 3.63) is 47.6 Å². The normalized spacial score (nSPS) is 11.7. The van der Waals surface area contributed by atoms with Gasteiger partial charge in [0, 0.05) is 6.20 Å². The molecule has 114 valence electrons. The molecule has 0 unspecified atom stereocenters. The first kappa shape index (κ1) is 15.6. The van der Waals surface area contributed by atoms with Crippen molar-refractivity contribution in [2.45, 2.75) is 20.3 Å². The maximum absolute atomic E-state index is 10.9. The van der Waals surface area contributed by atoms with Gasteiger partial charge in [-0.2, -0.15) is 5.10 Å². The lowest BCUT2D eigenvalue weighted by Crippen LogP contribution is -2.07. The first-order valence-corrected chi connectivity index (χ1v) is 6.97. The minimum Gasteiger partial charge on any atom is -0.504 e. The molecule has 6 nitrogen and oxygen atoms in total. The van der Waals surface area contributed by atoms with Gasteiger partial charge < -0.3 is 9.84 Å². The Morgan fingerprint density at radius 2 is 2.32 bits per heavy atom. The number of carboxylic acids is 1. The fourth-order valence-electron chi connectivity index (χ4n) is 1.78. The lowest BCUT2D eigenvalue weighted by atomic mass is 10.1. The smallest absolute Gasteiger partial charge is 0.338 e. The monoisotopic (exact) mass is 299 g/mol. The fraction of sp³-hybridized carbons (Fsp3) is 0.312. The highest BCUT2D eigenvalue weighted by molar-refractivity contribution is 5.87. The van der Waals surface area contributed by atoms with E-state index in [-0.39, 0.29) is 5.56 Å². The summed E-state index contributed by atoms with van der Waals surface area (Å²) in [6.45, 7) is 12.0. The first-order chi connectivity index (χ1) is 10.5. The van der Waals surface area contributed by atoms with E-state index in [9.17, 15) is 4.79 Å². The van der Waals surface area contributed by atoms with Crippen LogP contribution in [-0.4, -0.2) is 27.5 Å². The predicted molar refractivity (Wildman–Crippen MR) is 81.7 cm³/mol. The van der Waals surface area contributed by atoms with E-state index >= 15 is 0 Å². The lowest BCUT2D eigenvalue weighted by molar-refractivity contribution is 0.0697. The number of aromatic nitrogens is 2. The molecule has 0 bridgehead atoms. The molecule has 22 heavy (non-hydrogen) atoms. The first-order valence-electron chi connectivity index (χ1n) is 6.97. The molecule has 0 amide bonds. The number of benzene rings is 1. The Morgan fingerprint density at radius 1 is 1.55 bits per heavy atom. The predicted octanol–water partition coefficient (Wildman–Crippen LogP) is 3.55. The van der Waals surface area contributed by atoms with Crippen LogP contribution in [0.3, 0.4) is 0 Å². The minimum atomic E-state index is -1.04. The van der Waals surface area contributed by atoms with Crippen LogP contribution >= 0.6 is 0 Å². The summed E-state index contributed by atoms with van der Waals surface area (Å²) in [5, 5.41) is 12.9. The van der Waals surface area contributed by atoms with Gasteiger partial charge >= 0.3 is 5.97 Å². The molecule has 1 N–H and O–H groups in total. The number of hydrogen-bond donors (Lipinski definition) is 1. The maximum Gasteiger partial charge on any atom is 0.338 e. The SMILES string of the molecule is [C-]#[N+]c1cc(-n2cc(C(=O)O)cn2)ccc1OC[C@@H](C)CC. The van der Waals surface area contributed by atoms with Gasteiger partial charge in [0.1, 0.15) is 5.75 Å². The highest BCUT2D eigenvalue weighted by Gasteiger charge is 2.11. The molecular formula is C16H17N3O3. The second-order valence-corrected chi connectivity index (χ2v) is 5.07. The molecule has 0 radical (unpaired) electrons.